The third-order valence-corrected chi connectivity index (χ3v) is 3.78. The normalized spacial score (nSPS) is 12.3. The van der Waals surface area contributed by atoms with Crippen molar-refractivity contribution in [1.29, 1.82) is 0 Å². The van der Waals surface area contributed by atoms with Gasteiger partial charge < -0.3 is 4.74 Å². The van der Waals surface area contributed by atoms with Crippen molar-refractivity contribution in [3.05, 3.63) is 48.0 Å². The van der Waals surface area contributed by atoms with Crippen LogP contribution in [0.5, 0.6) is 0 Å². The number of benzene rings is 2. The largest absolute Gasteiger partial charge is 0.459 e. The molecule has 0 aliphatic heterocycles. The number of ether oxygens (including phenoxy) is 1. The fraction of sp³-hybridized carbons (Fsp3) is 0.421. The molecule has 2 nitrogen and oxygen atoms in total. The number of rotatable bonds is 7. The maximum absolute atomic E-state index is 12.3. The van der Waals surface area contributed by atoms with Crippen LogP contribution in [0, 0.1) is 0 Å². The molecule has 0 saturated carbocycles. The molecule has 0 fully saturated rings. The highest BCUT2D eigenvalue weighted by atomic mass is 16.5. The predicted octanol–water partition coefficient (Wildman–Crippen LogP) is 5.36. The molecule has 0 saturated heterocycles. The van der Waals surface area contributed by atoms with Crippen LogP contribution >= 0.6 is 0 Å². The Bertz CT molecular complexity index is 584. The lowest BCUT2D eigenvalue weighted by atomic mass is 10.0. The van der Waals surface area contributed by atoms with Gasteiger partial charge in [-0.2, -0.15) is 0 Å². The molecule has 2 aromatic rings. The Morgan fingerprint density at radius 2 is 1.81 bits per heavy atom. The molecule has 112 valence electrons. The van der Waals surface area contributed by atoms with E-state index in [0.717, 1.165) is 23.6 Å². The molecular weight excluding hydrogens is 260 g/mol. The molecule has 1 unspecified atom stereocenters. The first kappa shape index (κ1) is 15.6. The predicted molar refractivity (Wildman–Crippen MR) is 87.6 cm³/mol. The number of unbranched alkanes of at least 4 members (excludes halogenated alkanes) is 3. The summed E-state index contributed by atoms with van der Waals surface area (Å²) >= 11 is 0. The minimum Gasteiger partial charge on any atom is -0.459 e. The van der Waals surface area contributed by atoms with Crippen molar-refractivity contribution >= 4 is 16.7 Å². The number of carbonyl (C=O) groups excluding carboxylic acids is 1. The van der Waals surface area contributed by atoms with Gasteiger partial charge in [-0.25, -0.2) is 4.79 Å². The number of hydrogen-bond acceptors (Lipinski definition) is 2. The topological polar surface area (TPSA) is 26.3 Å². The van der Waals surface area contributed by atoms with Crippen molar-refractivity contribution < 1.29 is 9.53 Å². The Morgan fingerprint density at radius 1 is 1.05 bits per heavy atom. The van der Waals surface area contributed by atoms with Crippen molar-refractivity contribution in [2.75, 3.05) is 0 Å². The van der Waals surface area contributed by atoms with Crippen LogP contribution in [0.15, 0.2) is 42.5 Å². The summed E-state index contributed by atoms with van der Waals surface area (Å²) in [5.41, 5.74) is 0.661. The lowest BCUT2D eigenvalue weighted by Gasteiger charge is -2.14. The molecule has 0 aromatic heterocycles. The second kappa shape index (κ2) is 7.82. The molecule has 2 rings (SSSR count). The Labute approximate surface area is 127 Å². The van der Waals surface area contributed by atoms with E-state index in [1.165, 1.54) is 19.3 Å². The van der Waals surface area contributed by atoms with E-state index in [0.29, 0.717) is 5.56 Å². The molecule has 0 aliphatic rings. The highest BCUT2D eigenvalue weighted by molar-refractivity contribution is 6.04. The summed E-state index contributed by atoms with van der Waals surface area (Å²) in [7, 11) is 0. The van der Waals surface area contributed by atoms with Gasteiger partial charge in [0.1, 0.15) is 0 Å². The maximum atomic E-state index is 12.3. The zero-order valence-electron chi connectivity index (χ0n) is 13.0. The molecule has 0 heterocycles. The van der Waals surface area contributed by atoms with Crippen LogP contribution in [-0.4, -0.2) is 12.1 Å². The Hall–Kier alpha value is -1.83. The molecule has 0 bridgehead atoms. The summed E-state index contributed by atoms with van der Waals surface area (Å²) in [5.74, 6) is -0.213. The van der Waals surface area contributed by atoms with Gasteiger partial charge in [0.25, 0.3) is 0 Å². The smallest absolute Gasteiger partial charge is 0.339 e. The van der Waals surface area contributed by atoms with Crippen LogP contribution in [-0.2, 0) is 4.74 Å². The number of carbonyl (C=O) groups is 1. The van der Waals surface area contributed by atoms with Crippen LogP contribution in [0.4, 0.5) is 0 Å². The molecule has 21 heavy (non-hydrogen) atoms. The summed E-state index contributed by atoms with van der Waals surface area (Å²) < 4.78 is 5.59. The minimum absolute atomic E-state index is 0.0201. The molecule has 1 atom stereocenters. The Kier molecular flexibility index (Phi) is 5.79. The fourth-order valence-electron chi connectivity index (χ4n) is 2.57. The first-order valence-corrected chi connectivity index (χ1v) is 7.91. The monoisotopic (exact) mass is 284 g/mol. The first-order chi connectivity index (χ1) is 10.2. The average Bonchev–Trinajstić information content (AvgIpc) is 2.51. The summed E-state index contributed by atoms with van der Waals surface area (Å²) in [6.07, 6.45) is 5.74. The second-order valence-electron chi connectivity index (χ2n) is 5.59. The van der Waals surface area contributed by atoms with Crippen molar-refractivity contribution in [1.82, 2.24) is 0 Å². The van der Waals surface area contributed by atoms with Crippen LogP contribution in [0.1, 0.15) is 56.3 Å². The van der Waals surface area contributed by atoms with Crippen LogP contribution < -0.4 is 0 Å². The number of fused-ring (bicyclic) bond motifs is 1. The fourth-order valence-corrected chi connectivity index (χ4v) is 2.57. The summed E-state index contributed by atoms with van der Waals surface area (Å²) in [4.78, 5) is 12.3. The lowest BCUT2D eigenvalue weighted by molar-refractivity contribution is 0.0322. The van der Waals surface area contributed by atoms with Gasteiger partial charge in [-0.05, 0) is 36.6 Å². The molecule has 0 spiro atoms. The van der Waals surface area contributed by atoms with Gasteiger partial charge in [-0.1, -0.05) is 62.6 Å². The van der Waals surface area contributed by atoms with E-state index in [9.17, 15) is 4.79 Å². The molecule has 0 N–H and O–H groups in total. The summed E-state index contributed by atoms with van der Waals surface area (Å²) in [5, 5.41) is 2.03. The molecule has 0 amide bonds. The Morgan fingerprint density at radius 3 is 2.62 bits per heavy atom. The van der Waals surface area contributed by atoms with Crippen LogP contribution in [0.2, 0.25) is 0 Å². The van der Waals surface area contributed by atoms with E-state index in [4.69, 9.17) is 4.74 Å². The standard InChI is InChI=1S/C19H24O2/c1-3-4-5-6-10-15(2)21-19(20)18-14-9-12-16-11-7-8-13-17(16)18/h7-9,11-15H,3-6,10H2,1-2H3. The second-order valence-corrected chi connectivity index (χ2v) is 5.59. The summed E-state index contributed by atoms with van der Waals surface area (Å²) in [6, 6.07) is 13.7. The lowest BCUT2D eigenvalue weighted by Crippen LogP contribution is -2.15. The van der Waals surface area contributed by atoms with Crippen molar-refractivity contribution in [3.8, 4) is 0 Å². The molecule has 2 aromatic carbocycles. The van der Waals surface area contributed by atoms with Crippen molar-refractivity contribution in [2.45, 2.75) is 52.1 Å². The molecule has 0 radical (unpaired) electrons. The van der Waals surface area contributed by atoms with E-state index >= 15 is 0 Å². The van der Waals surface area contributed by atoms with E-state index in [1.807, 2.05) is 49.4 Å². The van der Waals surface area contributed by atoms with Crippen LogP contribution in [0.25, 0.3) is 10.8 Å². The van der Waals surface area contributed by atoms with Gasteiger partial charge in [-0.15, -0.1) is 0 Å². The SMILES string of the molecule is CCCCCCC(C)OC(=O)c1cccc2ccccc12. The minimum atomic E-state index is -0.213. The van der Waals surface area contributed by atoms with E-state index in [2.05, 4.69) is 6.92 Å². The van der Waals surface area contributed by atoms with E-state index in [1.54, 1.807) is 0 Å². The highest BCUT2D eigenvalue weighted by Gasteiger charge is 2.14. The summed E-state index contributed by atoms with van der Waals surface area (Å²) in [6.45, 7) is 4.18. The quantitative estimate of drug-likeness (QED) is 0.505. The van der Waals surface area contributed by atoms with Gasteiger partial charge >= 0.3 is 5.97 Å². The number of hydrogen-bond donors (Lipinski definition) is 0. The zero-order chi connectivity index (χ0) is 15.1. The van der Waals surface area contributed by atoms with E-state index in [-0.39, 0.29) is 12.1 Å². The highest BCUT2D eigenvalue weighted by Crippen LogP contribution is 2.20. The van der Waals surface area contributed by atoms with Gasteiger partial charge in [0.15, 0.2) is 0 Å². The molecule has 2 heteroatoms. The number of esters is 1. The van der Waals surface area contributed by atoms with Crippen molar-refractivity contribution in [3.63, 3.8) is 0 Å². The van der Waals surface area contributed by atoms with Gasteiger partial charge in [0.2, 0.25) is 0 Å². The maximum Gasteiger partial charge on any atom is 0.339 e. The van der Waals surface area contributed by atoms with Crippen molar-refractivity contribution in [2.24, 2.45) is 0 Å². The first-order valence-electron chi connectivity index (χ1n) is 7.91. The van der Waals surface area contributed by atoms with Gasteiger partial charge in [0.05, 0.1) is 11.7 Å². The third kappa shape index (κ3) is 4.32. The van der Waals surface area contributed by atoms with Gasteiger partial charge in [-0.3, -0.25) is 0 Å². The molecule has 0 aliphatic carbocycles. The third-order valence-electron chi connectivity index (χ3n) is 3.78. The van der Waals surface area contributed by atoms with E-state index < -0.39 is 0 Å². The van der Waals surface area contributed by atoms with Gasteiger partial charge in [0, 0.05) is 0 Å². The average molecular weight is 284 g/mol. The van der Waals surface area contributed by atoms with Crippen LogP contribution in [0.3, 0.4) is 0 Å². The molecular formula is C19H24O2. The zero-order valence-corrected chi connectivity index (χ0v) is 13.0. The Balaban J connectivity index is 1.99.